The van der Waals surface area contributed by atoms with E-state index < -0.39 is 0 Å². The summed E-state index contributed by atoms with van der Waals surface area (Å²) < 4.78 is 0.930. The molecular weight excluding hydrogens is 354 g/mol. The Balaban J connectivity index is 2.37. The summed E-state index contributed by atoms with van der Waals surface area (Å²) >= 11 is 11.5. The van der Waals surface area contributed by atoms with E-state index in [-0.39, 0.29) is 11.5 Å². The summed E-state index contributed by atoms with van der Waals surface area (Å²) in [7, 11) is 1.98. The van der Waals surface area contributed by atoms with Gasteiger partial charge in [-0.1, -0.05) is 38.4 Å². The van der Waals surface area contributed by atoms with E-state index in [0.29, 0.717) is 0 Å². The molecule has 0 spiro atoms. The van der Waals surface area contributed by atoms with Gasteiger partial charge in [0.2, 0.25) is 0 Å². The van der Waals surface area contributed by atoms with E-state index in [0.717, 1.165) is 9.50 Å². The number of nitrogens with one attached hydrogen (secondary N) is 1. The Morgan fingerprint density at radius 3 is 2.40 bits per heavy atom. The van der Waals surface area contributed by atoms with Gasteiger partial charge in [-0.15, -0.1) is 11.3 Å². The van der Waals surface area contributed by atoms with Crippen LogP contribution in [0.1, 0.15) is 42.1 Å². The molecule has 1 aromatic carbocycles. The van der Waals surface area contributed by atoms with Crippen LogP contribution in [0.25, 0.3) is 0 Å². The molecule has 0 saturated heterocycles. The topological polar surface area (TPSA) is 12.0 Å². The van der Waals surface area contributed by atoms with Crippen molar-refractivity contribution in [2.24, 2.45) is 0 Å². The number of rotatable bonds is 3. The Hall–Kier alpha value is -0.350. The molecule has 1 heterocycles. The quantitative estimate of drug-likeness (QED) is 0.721. The second-order valence-corrected chi connectivity index (χ2v) is 8.22. The predicted octanol–water partition coefficient (Wildman–Crippen LogP) is 5.77. The highest BCUT2D eigenvalue weighted by atomic mass is 79.9. The Bertz CT molecular complexity index is 601. The van der Waals surface area contributed by atoms with Crippen LogP contribution in [0.15, 0.2) is 34.8 Å². The van der Waals surface area contributed by atoms with Gasteiger partial charge in [0.25, 0.3) is 0 Å². The molecule has 0 aliphatic carbocycles. The van der Waals surface area contributed by atoms with Gasteiger partial charge in [-0.25, -0.2) is 0 Å². The van der Waals surface area contributed by atoms with Crippen molar-refractivity contribution >= 4 is 38.9 Å². The molecule has 1 unspecified atom stereocenters. The van der Waals surface area contributed by atoms with Gasteiger partial charge in [0, 0.05) is 14.2 Å². The highest BCUT2D eigenvalue weighted by Crippen LogP contribution is 2.35. The molecule has 4 heteroatoms. The molecule has 0 fully saturated rings. The molecule has 1 nitrogen and oxygen atoms in total. The Labute approximate surface area is 138 Å². The maximum absolute atomic E-state index is 6.21. The van der Waals surface area contributed by atoms with E-state index >= 15 is 0 Å². The summed E-state index contributed by atoms with van der Waals surface area (Å²) in [4.78, 5) is 2.71. The third-order valence-corrected chi connectivity index (χ3v) is 6.02. The van der Waals surface area contributed by atoms with Crippen molar-refractivity contribution in [3.8, 4) is 0 Å². The van der Waals surface area contributed by atoms with Crippen LogP contribution in [0.4, 0.5) is 0 Å². The van der Waals surface area contributed by atoms with Crippen LogP contribution in [0.3, 0.4) is 0 Å². The van der Waals surface area contributed by atoms with Crippen molar-refractivity contribution in [2.45, 2.75) is 32.2 Å². The lowest BCUT2D eigenvalue weighted by Gasteiger charge is -2.18. The molecule has 1 aromatic heterocycles. The lowest BCUT2D eigenvalue weighted by atomic mass is 9.95. The van der Waals surface area contributed by atoms with Gasteiger partial charge in [-0.3, -0.25) is 0 Å². The largest absolute Gasteiger partial charge is 0.309 e. The van der Waals surface area contributed by atoms with Crippen molar-refractivity contribution in [1.29, 1.82) is 0 Å². The number of hydrogen-bond acceptors (Lipinski definition) is 2. The lowest BCUT2D eigenvalue weighted by Crippen LogP contribution is -2.16. The van der Waals surface area contributed by atoms with Crippen molar-refractivity contribution in [3.63, 3.8) is 0 Å². The molecule has 0 amide bonds. The van der Waals surface area contributed by atoms with Gasteiger partial charge in [-0.2, -0.15) is 0 Å². The second-order valence-electron chi connectivity index (χ2n) is 5.85. The zero-order valence-electron chi connectivity index (χ0n) is 12.1. The average Bonchev–Trinajstić information content (AvgIpc) is 2.84. The van der Waals surface area contributed by atoms with Crippen LogP contribution < -0.4 is 5.32 Å². The first kappa shape index (κ1) is 16.0. The summed E-state index contributed by atoms with van der Waals surface area (Å²) in [5.41, 5.74) is 1.38. The molecule has 0 bridgehead atoms. The smallest absolute Gasteiger partial charge is 0.0669 e. The zero-order chi connectivity index (χ0) is 14.9. The van der Waals surface area contributed by atoms with Crippen LogP contribution in [0.5, 0.6) is 0 Å². The van der Waals surface area contributed by atoms with Gasteiger partial charge < -0.3 is 5.32 Å². The van der Waals surface area contributed by atoms with Crippen LogP contribution in [-0.2, 0) is 5.41 Å². The molecule has 0 radical (unpaired) electrons. The minimum atomic E-state index is 0.182. The first-order chi connectivity index (χ1) is 9.32. The third-order valence-electron chi connectivity index (χ3n) is 3.22. The first-order valence-electron chi connectivity index (χ1n) is 6.55. The standard InChI is InChI=1S/C16H19BrClNS/c1-16(2,3)14-8-7-13(20-14)15(19-4)10-5-6-11(17)12(18)9-10/h5-9,15,19H,1-4H3. The first-order valence-corrected chi connectivity index (χ1v) is 8.54. The van der Waals surface area contributed by atoms with Crippen LogP contribution in [0, 0.1) is 0 Å². The van der Waals surface area contributed by atoms with Crippen molar-refractivity contribution in [1.82, 2.24) is 5.32 Å². The number of thiophene rings is 1. The van der Waals surface area contributed by atoms with Crippen molar-refractivity contribution < 1.29 is 0 Å². The van der Waals surface area contributed by atoms with Crippen LogP contribution in [0.2, 0.25) is 5.02 Å². The second kappa shape index (κ2) is 6.18. The fraction of sp³-hybridized carbons (Fsp3) is 0.375. The predicted molar refractivity (Wildman–Crippen MR) is 93.1 cm³/mol. The summed E-state index contributed by atoms with van der Waals surface area (Å²) in [6.45, 7) is 6.73. The van der Waals surface area contributed by atoms with Gasteiger partial charge in [-0.05, 0) is 58.2 Å². The zero-order valence-corrected chi connectivity index (χ0v) is 15.3. The molecule has 108 valence electrons. The number of benzene rings is 1. The molecule has 1 N–H and O–H groups in total. The van der Waals surface area contributed by atoms with E-state index in [4.69, 9.17) is 11.6 Å². The molecular formula is C16H19BrClNS. The number of halogens is 2. The highest BCUT2D eigenvalue weighted by Gasteiger charge is 2.20. The molecule has 0 saturated carbocycles. The maximum Gasteiger partial charge on any atom is 0.0669 e. The van der Waals surface area contributed by atoms with E-state index in [1.54, 1.807) is 0 Å². The van der Waals surface area contributed by atoms with E-state index in [1.807, 2.05) is 30.5 Å². The molecule has 0 aliphatic rings. The van der Waals surface area contributed by atoms with Gasteiger partial charge in [0.15, 0.2) is 0 Å². The summed E-state index contributed by atoms with van der Waals surface area (Å²) in [6.07, 6.45) is 0. The molecule has 20 heavy (non-hydrogen) atoms. The maximum atomic E-state index is 6.21. The minimum Gasteiger partial charge on any atom is -0.309 e. The molecule has 1 atom stereocenters. The molecule has 2 aromatic rings. The Kier molecular flexibility index (Phi) is 4.96. The fourth-order valence-corrected chi connectivity index (χ4v) is 3.72. The van der Waals surface area contributed by atoms with Gasteiger partial charge >= 0.3 is 0 Å². The van der Waals surface area contributed by atoms with Crippen molar-refractivity contribution in [2.75, 3.05) is 7.05 Å². The highest BCUT2D eigenvalue weighted by molar-refractivity contribution is 9.10. The van der Waals surface area contributed by atoms with E-state index in [1.165, 1.54) is 15.3 Å². The van der Waals surface area contributed by atoms with E-state index in [2.05, 4.69) is 60.2 Å². The monoisotopic (exact) mass is 371 g/mol. The SMILES string of the molecule is CNC(c1ccc(Br)c(Cl)c1)c1ccc(C(C)(C)C)s1. The van der Waals surface area contributed by atoms with Crippen LogP contribution >= 0.6 is 38.9 Å². The summed E-state index contributed by atoms with van der Waals surface area (Å²) in [5.74, 6) is 0. The minimum absolute atomic E-state index is 0.182. The summed E-state index contributed by atoms with van der Waals surface area (Å²) in [6, 6.07) is 10.7. The number of hydrogen-bond donors (Lipinski definition) is 1. The molecule has 2 rings (SSSR count). The normalized spacial score (nSPS) is 13.5. The average molecular weight is 373 g/mol. The van der Waals surface area contributed by atoms with Crippen LogP contribution in [-0.4, -0.2) is 7.05 Å². The lowest BCUT2D eigenvalue weighted by molar-refractivity contribution is 0.604. The van der Waals surface area contributed by atoms with Gasteiger partial charge in [0.1, 0.15) is 0 Å². The Morgan fingerprint density at radius 1 is 1.20 bits per heavy atom. The van der Waals surface area contributed by atoms with Crippen molar-refractivity contribution in [3.05, 3.63) is 55.1 Å². The summed E-state index contributed by atoms with van der Waals surface area (Å²) in [5, 5.41) is 4.13. The van der Waals surface area contributed by atoms with E-state index in [9.17, 15) is 0 Å². The fourth-order valence-electron chi connectivity index (χ4n) is 2.08. The van der Waals surface area contributed by atoms with Gasteiger partial charge in [0.05, 0.1) is 11.1 Å². The third kappa shape index (κ3) is 3.45. The Morgan fingerprint density at radius 2 is 1.90 bits per heavy atom. The molecule has 0 aliphatic heterocycles.